The van der Waals surface area contributed by atoms with Gasteiger partial charge in [0.15, 0.2) is 18.9 Å². The number of rotatable bonds is 35. The van der Waals surface area contributed by atoms with Gasteiger partial charge in [-0.1, -0.05) is 128 Å². The highest BCUT2D eigenvalue weighted by atomic mass is 16.8. The first-order valence-electron chi connectivity index (χ1n) is 25.6. The second-order valence-corrected chi connectivity index (χ2v) is 18.6. The third kappa shape index (κ3) is 20.4. The van der Waals surface area contributed by atoms with Crippen LogP contribution in [0.25, 0.3) is 0 Å². The summed E-state index contributed by atoms with van der Waals surface area (Å²) < 4.78 is 34.1. The first-order valence-corrected chi connectivity index (χ1v) is 25.6. The maximum absolute atomic E-state index is 13.2. The van der Waals surface area contributed by atoms with Gasteiger partial charge in [0.2, 0.25) is 5.91 Å². The molecule has 0 radical (unpaired) electrons. The lowest BCUT2D eigenvalue weighted by Crippen LogP contribution is -2.66. The molecule has 0 bridgehead atoms. The van der Waals surface area contributed by atoms with Crippen molar-refractivity contribution in [2.75, 3.05) is 26.4 Å². The van der Waals surface area contributed by atoms with E-state index < -0.39 is 124 Å². The second kappa shape index (κ2) is 34.6. The molecule has 0 spiro atoms. The van der Waals surface area contributed by atoms with Gasteiger partial charge in [0.05, 0.1) is 38.6 Å². The van der Waals surface area contributed by atoms with Crippen molar-refractivity contribution in [3.8, 4) is 0 Å². The summed E-state index contributed by atoms with van der Waals surface area (Å²) in [5.74, 6) is -0.291. The maximum Gasteiger partial charge on any atom is 0.220 e. The van der Waals surface area contributed by atoms with E-state index in [1.54, 1.807) is 6.08 Å². The predicted molar refractivity (Wildman–Crippen MR) is 250 cm³/mol. The molecule has 0 aromatic heterocycles. The van der Waals surface area contributed by atoms with E-state index in [9.17, 15) is 61.0 Å². The van der Waals surface area contributed by atoms with Crippen LogP contribution < -0.4 is 5.32 Å². The average Bonchev–Trinajstić information content (AvgIpc) is 3.33. The summed E-state index contributed by atoms with van der Waals surface area (Å²) in [6.07, 6.45) is 3.36. The predicted octanol–water partition coefficient (Wildman–Crippen LogP) is 1.64. The minimum absolute atomic E-state index is 0.233. The van der Waals surface area contributed by atoms with E-state index in [2.05, 4.69) is 31.3 Å². The van der Waals surface area contributed by atoms with E-state index in [0.717, 1.165) is 70.6 Å². The van der Waals surface area contributed by atoms with Crippen molar-refractivity contribution >= 4 is 5.91 Å². The summed E-state index contributed by atoms with van der Waals surface area (Å²) in [6, 6.07) is -0.971. The maximum atomic E-state index is 13.2. The Bertz CT molecular complexity index is 1360. The molecule has 0 aliphatic carbocycles. The molecule has 68 heavy (non-hydrogen) atoms. The molecule has 3 aliphatic rings. The molecule has 3 fully saturated rings. The Morgan fingerprint density at radius 2 is 0.956 bits per heavy atom. The van der Waals surface area contributed by atoms with E-state index in [1.807, 2.05) is 6.08 Å². The SMILES string of the molecule is CCC/C=C\CCCCCCCC(=O)NC(COC1OC(CO)C(OC2OC(CO)C(OC3OC(CO)C(O)C(O)C3O)C(O)C2O)C(O)C1O)C(O)/C=C/CCCCCCCCCCCCC. The quantitative estimate of drug-likeness (QED) is 0.0317. The van der Waals surface area contributed by atoms with Gasteiger partial charge >= 0.3 is 0 Å². The zero-order chi connectivity index (χ0) is 49.8. The first kappa shape index (κ1) is 60.6. The van der Waals surface area contributed by atoms with Crippen LogP contribution in [0.5, 0.6) is 0 Å². The summed E-state index contributed by atoms with van der Waals surface area (Å²) in [6.45, 7) is 1.60. The van der Waals surface area contributed by atoms with Gasteiger partial charge in [-0.2, -0.15) is 0 Å². The van der Waals surface area contributed by atoms with Gasteiger partial charge in [-0.05, 0) is 38.5 Å². The number of hydrogen-bond donors (Lipinski definition) is 12. The summed E-state index contributed by atoms with van der Waals surface area (Å²) >= 11 is 0. The second-order valence-electron chi connectivity index (χ2n) is 18.6. The fourth-order valence-electron chi connectivity index (χ4n) is 8.66. The number of carbonyl (C=O) groups is 1. The minimum Gasteiger partial charge on any atom is -0.394 e. The minimum atomic E-state index is -1.98. The highest BCUT2D eigenvalue weighted by Gasteiger charge is 2.53. The van der Waals surface area contributed by atoms with Crippen LogP contribution in [-0.2, 0) is 33.2 Å². The molecule has 17 unspecified atom stereocenters. The molecule has 19 nitrogen and oxygen atoms in total. The number of unbranched alkanes of at least 4 members (excludes halogenated alkanes) is 17. The van der Waals surface area contributed by atoms with E-state index >= 15 is 0 Å². The largest absolute Gasteiger partial charge is 0.394 e. The van der Waals surface area contributed by atoms with Crippen LogP contribution >= 0.6 is 0 Å². The molecular formula is C49H89NO18. The standard InChI is InChI=1S/C49H89NO18/c1-3-5-7-9-11-13-15-16-17-18-20-22-24-26-33(54)32(50-37(55)27-25-23-21-19-14-12-10-8-6-4-2)31-63-47-43(61)40(58)45(35(29-52)65-47)68-49-44(62)41(59)46(36(30-53)66-49)67-48-42(60)39(57)38(56)34(28-51)64-48/h8,10,24,26,32-36,38-49,51-54,56-62H,3-7,9,11-23,25,27-31H2,1-2H3,(H,50,55)/b10-8-,26-24+. The van der Waals surface area contributed by atoms with Gasteiger partial charge in [-0.25, -0.2) is 0 Å². The zero-order valence-corrected chi connectivity index (χ0v) is 40.6. The average molecular weight is 980 g/mol. The molecule has 0 aromatic carbocycles. The highest BCUT2D eigenvalue weighted by Crippen LogP contribution is 2.33. The molecule has 3 rings (SSSR count). The molecule has 398 valence electrons. The van der Waals surface area contributed by atoms with Gasteiger partial charge in [0.1, 0.15) is 73.2 Å². The topological polar surface area (TPSA) is 307 Å². The number of aliphatic hydroxyl groups excluding tert-OH is 11. The Balaban J connectivity index is 1.58. The van der Waals surface area contributed by atoms with Crippen molar-refractivity contribution in [3.05, 3.63) is 24.3 Å². The lowest BCUT2D eigenvalue weighted by Gasteiger charge is -2.48. The molecule has 0 saturated carbocycles. The molecule has 19 heteroatoms. The fourth-order valence-corrected chi connectivity index (χ4v) is 8.66. The number of carbonyl (C=O) groups excluding carboxylic acids is 1. The van der Waals surface area contributed by atoms with Crippen LogP contribution in [0.1, 0.15) is 149 Å². The van der Waals surface area contributed by atoms with Crippen molar-refractivity contribution in [1.29, 1.82) is 0 Å². The third-order valence-electron chi connectivity index (χ3n) is 13.0. The summed E-state index contributed by atoms with van der Waals surface area (Å²) in [7, 11) is 0. The number of hydrogen-bond acceptors (Lipinski definition) is 18. The molecule has 1 amide bonds. The Kier molecular flexibility index (Phi) is 30.8. The Labute approximate surface area is 403 Å². The fraction of sp³-hybridized carbons (Fsp3) is 0.898. The van der Waals surface area contributed by atoms with Crippen LogP contribution in [0.15, 0.2) is 24.3 Å². The Morgan fingerprint density at radius 3 is 1.49 bits per heavy atom. The molecule has 3 aliphatic heterocycles. The number of amides is 1. The molecule has 3 heterocycles. The number of allylic oxidation sites excluding steroid dienone is 3. The number of nitrogens with one attached hydrogen (secondary N) is 1. The van der Waals surface area contributed by atoms with Gasteiger partial charge in [0.25, 0.3) is 0 Å². The van der Waals surface area contributed by atoms with Crippen LogP contribution in [0, 0.1) is 0 Å². The van der Waals surface area contributed by atoms with Crippen molar-refractivity contribution in [1.82, 2.24) is 5.32 Å². The first-order chi connectivity index (χ1) is 32.8. The van der Waals surface area contributed by atoms with Crippen LogP contribution in [0.4, 0.5) is 0 Å². The van der Waals surface area contributed by atoms with E-state index in [4.69, 9.17) is 28.4 Å². The molecule has 17 atom stereocenters. The summed E-state index contributed by atoms with van der Waals surface area (Å²) in [5.41, 5.74) is 0. The van der Waals surface area contributed by atoms with Gasteiger partial charge < -0.3 is 89.9 Å². The van der Waals surface area contributed by atoms with Crippen molar-refractivity contribution in [3.63, 3.8) is 0 Å². The van der Waals surface area contributed by atoms with E-state index in [1.165, 1.54) is 51.4 Å². The molecule has 3 saturated heterocycles. The van der Waals surface area contributed by atoms with Crippen LogP contribution in [0.2, 0.25) is 0 Å². The lowest BCUT2D eigenvalue weighted by molar-refractivity contribution is -0.379. The van der Waals surface area contributed by atoms with Crippen molar-refractivity contribution in [2.45, 2.75) is 253 Å². The van der Waals surface area contributed by atoms with Gasteiger partial charge in [-0.3, -0.25) is 4.79 Å². The van der Waals surface area contributed by atoms with Crippen molar-refractivity contribution < 1.29 is 89.4 Å². The number of ether oxygens (including phenoxy) is 6. The molecular weight excluding hydrogens is 891 g/mol. The van der Waals surface area contributed by atoms with Crippen LogP contribution in [-0.4, -0.2) is 193 Å². The third-order valence-corrected chi connectivity index (χ3v) is 13.0. The smallest absolute Gasteiger partial charge is 0.220 e. The van der Waals surface area contributed by atoms with Crippen LogP contribution in [0.3, 0.4) is 0 Å². The summed E-state index contributed by atoms with van der Waals surface area (Å²) in [4.78, 5) is 13.2. The van der Waals surface area contributed by atoms with E-state index in [0.29, 0.717) is 6.42 Å². The Morgan fingerprint density at radius 1 is 0.515 bits per heavy atom. The highest BCUT2D eigenvalue weighted by molar-refractivity contribution is 5.76. The normalized spacial score (nSPS) is 33.3. The van der Waals surface area contributed by atoms with Gasteiger partial charge in [-0.15, -0.1) is 0 Å². The lowest BCUT2D eigenvalue weighted by atomic mass is 9.96. The number of aliphatic hydroxyl groups is 11. The molecule has 0 aromatic rings. The monoisotopic (exact) mass is 980 g/mol. The van der Waals surface area contributed by atoms with Gasteiger partial charge in [0, 0.05) is 6.42 Å². The van der Waals surface area contributed by atoms with E-state index in [-0.39, 0.29) is 18.9 Å². The van der Waals surface area contributed by atoms with Crippen molar-refractivity contribution in [2.24, 2.45) is 0 Å². The Hall–Kier alpha value is -1.73. The summed E-state index contributed by atoms with van der Waals surface area (Å²) in [5, 5.41) is 119. The zero-order valence-electron chi connectivity index (χ0n) is 40.6. The molecule has 12 N–H and O–H groups in total.